The van der Waals surface area contributed by atoms with Crippen molar-refractivity contribution in [2.45, 2.75) is 32.7 Å². The third-order valence-electron chi connectivity index (χ3n) is 2.19. The molecule has 2 atom stereocenters. The van der Waals surface area contributed by atoms with Crippen molar-refractivity contribution in [1.82, 2.24) is 5.32 Å². The van der Waals surface area contributed by atoms with E-state index in [1.165, 1.54) is 0 Å². The second-order valence-electron chi connectivity index (χ2n) is 3.60. The molecule has 0 aromatic rings. The van der Waals surface area contributed by atoms with Gasteiger partial charge in [0.1, 0.15) is 5.84 Å². The first-order valence-corrected chi connectivity index (χ1v) is 4.93. The van der Waals surface area contributed by atoms with Crippen LogP contribution in [0.4, 0.5) is 0 Å². The van der Waals surface area contributed by atoms with Gasteiger partial charge in [0.05, 0.1) is 0 Å². The fourth-order valence-electron chi connectivity index (χ4n) is 1.08. The Morgan fingerprint density at radius 3 is 2.64 bits per heavy atom. The van der Waals surface area contributed by atoms with Crippen LogP contribution in [0.15, 0.2) is 5.16 Å². The maximum Gasteiger partial charge on any atom is 0.143 e. The zero-order valence-corrected chi connectivity index (χ0v) is 8.90. The van der Waals surface area contributed by atoms with Crippen molar-refractivity contribution in [1.29, 1.82) is 0 Å². The van der Waals surface area contributed by atoms with Crippen molar-refractivity contribution in [2.75, 3.05) is 13.2 Å². The van der Waals surface area contributed by atoms with Crippen LogP contribution in [0.2, 0.25) is 0 Å². The second kappa shape index (κ2) is 7.58. The molecule has 14 heavy (non-hydrogen) atoms. The van der Waals surface area contributed by atoms with Crippen molar-refractivity contribution in [3.8, 4) is 0 Å². The predicted octanol–water partition coefficient (Wildman–Crippen LogP) is 0.120. The Morgan fingerprint density at radius 1 is 1.50 bits per heavy atom. The van der Waals surface area contributed by atoms with Gasteiger partial charge in [-0.3, -0.25) is 0 Å². The summed E-state index contributed by atoms with van der Waals surface area (Å²) in [4.78, 5) is 0. The number of rotatable bonds is 7. The molecule has 0 saturated heterocycles. The van der Waals surface area contributed by atoms with Crippen LogP contribution in [-0.4, -0.2) is 35.3 Å². The summed E-state index contributed by atoms with van der Waals surface area (Å²) in [6, 6.07) is 0.344. The molecule has 0 heterocycles. The average Bonchev–Trinajstić information content (AvgIpc) is 2.21. The van der Waals surface area contributed by atoms with E-state index in [1.54, 1.807) is 0 Å². The Kier molecular flexibility index (Phi) is 7.14. The number of aliphatic hydroxyl groups is 1. The van der Waals surface area contributed by atoms with E-state index >= 15 is 0 Å². The molecular weight excluding hydrogens is 182 g/mol. The van der Waals surface area contributed by atoms with Gasteiger partial charge in [0, 0.05) is 25.1 Å². The molecule has 5 heteroatoms. The summed E-state index contributed by atoms with van der Waals surface area (Å²) in [7, 11) is 0. The molecular formula is C9H21N3O2. The largest absolute Gasteiger partial charge is 0.409 e. The third-order valence-corrected chi connectivity index (χ3v) is 2.19. The average molecular weight is 203 g/mol. The fourth-order valence-corrected chi connectivity index (χ4v) is 1.08. The maximum absolute atomic E-state index is 8.62. The van der Waals surface area contributed by atoms with Crippen LogP contribution in [0.3, 0.4) is 0 Å². The third kappa shape index (κ3) is 5.77. The highest BCUT2D eigenvalue weighted by molar-refractivity contribution is 5.82. The lowest BCUT2D eigenvalue weighted by Crippen LogP contribution is -2.35. The molecule has 0 aliphatic heterocycles. The predicted molar refractivity (Wildman–Crippen MR) is 56.4 cm³/mol. The smallest absolute Gasteiger partial charge is 0.143 e. The minimum Gasteiger partial charge on any atom is -0.409 e. The number of aliphatic hydroxyl groups excluding tert-OH is 1. The number of nitrogens with two attached hydrogens (primary N) is 1. The van der Waals surface area contributed by atoms with E-state index < -0.39 is 0 Å². The van der Waals surface area contributed by atoms with E-state index in [0.29, 0.717) is 12.6 Å². The Hall–Kier alpha value is -0.810. The first kappa shape index (κ1) is 13.2. The van der Waals surface area contributed by atoms with Crippen LogP contribution < -0.4 is 11.1 Å². The number of hydrogen-bond donors (Lipinski definition) is 4. The lowest BCUT2D eigenvalue weighted by atomic mass is 10.1. The van der Waals surface area contributed by atoms with E-state index in [4.69, 9.17) is 16.0 Å². The molecule has 5 N–H and O–H groups in total. The van der Waals surface area contributed by atoms with Crippen molar-refractivity contribution in [2.24, 2.45) is 16.8 Å². The Labute approximate surface area is 85.0 Å². The molecule has 0 spiro atoms. The number of oxime groups is 1. The molecule has 0 saturated carbocycles. The van der Waals surface area contributed by atoms with Gasteiger partial charge in [-0.2, -0.15) is 0 Å². The Bertz CT molecular complexity index is 173. The van der Waals surface area contributed by atoms with Gasteiger partial charge in [-0.25, -0.2) is 0 Å². The second-order valence-corrected chi connectivity index (χ2v) is 3.60. The molecule has 0 fully saturated rings. The fraction of sp³-hybridized carbons (Fsp3) is 0.889. The minimum atomic E-state index is 0.0246. The van der Waals surface area contributed by atoms with Crippen LogP contribution >= 0.6 is 0 Å². The molecule has 0 amide bonds. The molecule has 0 aromatic carbocycles. The van der Waals surface area contributed by atoms with E-state index in [-0.39, 0.29) is 18.4 Å². The van der Waals surface area contributed by atoms with E-state index in [2.05, 4.69) is 17.4 Å². The zero-order chi connectivity index (χ0) is 11.0. The van der Waals surface area contributed by atoms with Crippen molar-refractivity contribution >= 4 is 5.84 Å². The van der Waals surface area contributed by atoms with Gasteiger partial charge >= 0.3 is 0 Å². The number of amidine groups is 1. The minimum absolute atomic E-state index is 0.0246. The SMILES string of the molecule is CC(CCCO)NCC(C)C(N)=NO. The van der Waals surface area contributed by atoms with Gasteiger partial charge < -0.3 is 21.4 Å². The van der Waals surface area contributed by atoms with E-state index in [0.717, 1.165) is 12.8 Å². The summed E-state index contributed by atoms with van der Waals surface area (Å²) < 4.78 is 0. The van der Waals surface area contributed by atoms with E-state index in [1.807, 2.05) is 6.92 Å². The summed E-state index contributed by atoms with van der Waals surface area (Å²) in [5.41, 5.74) is 5.42. The van der Waals surface area contributed by atoms with Crippen LogP contribution in [0.5, 0.6) is 0 Å². The summed E-state index contributed by atoms with van der Waals surface area (Å²) in [5.74, 6) is 0.267. The molecule has 0 rings (SSSR count). The first-order valence-electron chi connectivity index (χ1n) is 4.93. The topological polar surface area (TPSA) is 90.9 Å². The molecule has 0 bridgehead atoms. The van der Waals surface area contributed by atoms with Gasteiger partial charge in [-0.1, -0.05) is 12.1 Å². The summed E-state index contributed by atoms with van der Waals surface area (Å²) in [6.45, 7) is 4.85. The highest BCUT2D eigenvalue weighted by atomic mass is 16.4. The molecule has 0 aliphatic rings. The molecule has 5 nitrogen and oxygen atoms in total. The van der Waals surface area contributed by atoms with Crippen LogP contribution in [0, 0.1) is 5.92 Å². The van der Waals surface area contributed by atoms with Crippen molar-refractivity contribution in [3.05, 3.63) is 0 Å². The van der Waals surface area contributed by atoms with Crippen LogP contribution in [-0.2, 0) is 0 Å². The standard InChI is InChI=1S/C9H21N3O2/c1-7(9(10)12-14)6-11-8(2)4-3-5-13/h7-8,11,13-14H,3-6H2,1-2H3,(H2,10,12). The summed E-state index contributed by atoms with van der Waals surface area (Å²) in [5, 5.41) is 23.2. The van der Waals surface area contributed by atoms with Crippen LogP contribution in [0.25, 0.3) is 0 Å². The highest BCUT2D eigenvalue weighted by Crippen LogP contribution is 1.98. The van der Waals surface area contributed by atoms with Gasteiger partial charge in [0.2, 0.25) is 0 Å². The Morgan fingerprint density at radius 2 is 2.14 bits per heavy atom. The number of nitrogens with zero attached hydrogens (tertiary/aromatic N) is 1. The first-order chi connectivity index (χ1) is 6.61. The zero-order valence-electron chi connectivity index (χ0n) is 8.90. The molecule has 2 unspecified atom stereocenters. The number of nitrogens with one attached hydrogen (secondary N) is 1. The van der Waals surface area contributed by atoms with Gasteiger partial charge in [0.15, 0.2) is 0 Å². The maximum atomic E-state index is 8.62. The summed E-state index contributed by atoms with van der Waals surface area (Å²) in [6.07, 6.45) is 1.73. The molecule has 0 radical (unpaired) electrons. The Balaban J connectivity index is 3.60. The lowest BCUT2D eigenvalue weighted by Gasteiger charge is -2.16. The van der Waals surface area contributed by atoms with Gasteiger partial charge in [-0.05, 0) is 19.8 Å². The quantitative estimate of drug-likeness (QED) is 0.205. The highest BCUT2D eigenvalue weighted by Gasteiger charge is 2.08. The molecule has 0 aromatic heterocycles. The number of hydrogen-bond acceptors (Lipinski definition) is 4. The van der Waals surface area contributed by atoms with Gasteiger partial charge in [0.25, 0.3) is 0 Å². The van der Waals surface area contributed by atoms with Crippen molar-refractivity contribution in [3.63, 3.8) is 0 Å². The van der Waals surface area contributed by atoms with Crippen molar-refractivity contribution < 1.29 is 10.3 Å². The lowest BCUT2D eigenvalue weighted by molar-refractivity contribution is 0.276. The molecule has 84 valence electrons. The van der Waals surface area contributed by atoms with Crippen LogP contribution in [0.1, 0.15) is 26.7 Å². The molecule has 0 aliphatic carbocycles. The van der Waals surface area contributed by atoms with Gasteiger partial charge in [-0.15, -0.1) is 0 Å². The normalized spacial score (nSPS) is 16.6. The van der Waals surface area contributed by atoms with E-state index in [9.17, 15) is 0 Å². The monoisotopic (exact) mass is 203 g/mol. The summed E-state index contributed by atoms with van der Waals surface area (Å²) >= 11 is 0.